The second-order valence-electron chi connectivity index (χ2n) is 10.2. The average molecular weight is 445 g/mol. The number of aromatic hydroxyl groups is 1. The molecule has 0 aromatic heterocycles. The molecule has 1 N–H and O–H groups in total. The van der Waals surface area contributed by atoms with Crippen molar-refractivity contribution in [2.45, 2.75) is 162 Å². The molecule has 0 bridgehead atoms. The number of phenolic OH excluding ortho intramolecular Hbond substituents is 1. The zero-order valence-corrected chi connectivity index (χ0v) is 22.2. The smallest absolute Gasteiger partial charge is 0.119 e. The van der Waals surface area contributed by atoms with Gasteiger partial charge >= 0.3 is 0 Å². The fraction of sp³-hybridized carbons (Fsp3) is 0.806. The first kappa shape index (κ1) is 29.1. The molecule has 1 aromatic rings. The third kappa shape index (κ3) is 14.2. The Bertz CT molecular complexity index is 499. The molecule has 186 valence electrons. The van der Waals surface area contributed by atoms with Crippen LogP contribution in [-0.4, -0.2) is 5.11 Å². The Balaban J connectivity index is 2.21. The maximum Gasteiger partial charge on any atom is 0.119 e. The van der Waals surface area contributed by atoms with Crippen LogP contribution in [0.15, 0.2) is 12.1 Å². The molecule has 0 heterocycles. The Labute approximate surface area is 201 Å². The van der Waals surface area contributed by atoms with Crippen LogP contribution < -0.4 is 0 Å². The standard InChI is InChI=1S/C31H56O/c1-4-6-8-10-12-14-16-18-20-22-24-29-28(3)26-27-31(32)30(29)25-23-21-19-17-15-13-11-9-7-5-2/h26-27,32H,4-25H2,1-3H3. The molecule has 0 saturated heterocycles. The lowest BCUT2D eigenvalue weighted by Crippen LogP contribution is -1.99. The van der Waals surface area contributed by atoms with Gasteiger partial charge in [0.1, 0.15) is 5.75 Å². The quantitative estimate of drug-likeness (QED) is 0.176. The summed E-state index contributed by atoms with van der Waals surface area (Å²) in [5, 5.41) is 10.5. The van der Waals surface area contributed by atoms with Crippen molar-refractivity contribution in [1.29, 1.82) is 0 Å². The molecular weight excluding hydrogens is 388 g/mol. The summed E-state index contributed by atoms with van der Waals surface area (Å²) in [6, 6.07) is 4.03. The van der Waals surface area contributed by atoms with Crippen LogP contribution >= 0.6 is 0 Å². The van der Waals surface area contributed by atoms with E-state index in [1.165, 1.54) is 145 Å². The lowest BCUT2D eigenvalue weighted by atomic mass is 9.92. The summed E-state index contributed by atoms with van der Waals surface area (Å²) in [6.45, 7) is 6.80. The van der Waals surface area contributed by atoms with Gasteiger partial charge in [0, 0.05) is 0 Å². The molecule has 1 rings (SSSR count). The molecule has 1 nitrogen and oxygen atoms in total. The summed E-state index contributed by atoms with van der Waals surface area (Å²) in [5.74, 6) is 0.536. The van der Waals surface area contributed by atoms with E-state index in [1.54, 1.807) is 0 Å². The molecular formula is C31H56O. The summed E-state index contributed by atoms with van der Waals surface area (Å²) in [4.78, 5) is 0. The Morgan fingerprint density at radius 2 is 0.812 bits per heavy atom. The van der Waals surface area contributed by atoms with E-state index in [0.717, 1.165) is 12.8 Å². The Morgan fingerprint density at radius 3 is 1.22 bits per heavy atom. The fourth-order valence-corrected chi connectivity index (χ4v) is 5.00. The fourth-order valence-electron chi connectivity index (χ4n) is 5.00. The number of rotatable bonds is 22. The Kier molecular flexibility index (Phi) is 18.7. The van der Waals surface area contributed by atoms with Crippen LogP contribution in [0.4, 0.5) is 0 Å². The van der Waals surface area contributed by atoms with Crippen molar-refractivity contribution in [3.63, 3.8) is 0 Å². The highest BCUT2D eigenvalue weighted by atomic mass is 16.3. The molecule has 0 saturated carbocycles. The van der Waals surface area contributed by atoms with Crippen LogP contribution in [0.2, 0.25) is 0 Å². The Morgan fingerprint density at radius 1 is 0.469 bits per heavy atom. The van der Waals surface area contributed by atoms with Crippen molar-refractivity contribution in [2.24, 2.45) is 0 Å². The van der Waals surface area contributed by atoms with Gasteiger partial charge in [-0.25, -0.2) is 0 Å². The molecule has 0 amide bonds. The molecule has 32 heavy (non-hydrogen) atoms. The van der Waals surface area contributed by atoms with Crippen LogP contribution in [-0.2, 0) is 12.8 Å². The molecule has 1 aromatic carbocycles. The number of unbranched alkanes of at least 4 members (excludes halogenated alkanes) is 18. The first-order chi connectivity index (χ1) is 15.7. The van der Waals surface area contributed by atoms with E-state index in [9.17, 15) is 5.11 Å². The highest BCUT2D eigenvalue weighted by molar-refractivity contribution is 5.44. The topological polar surface area (TPSA) is 20.2 Å². The van der Waals surface area contributed by atoms with E-state index in [4.69, 9.17) is 0 Å². The highest BCUT2D eigenvalue weighted by Crippen LogP contribution is 2.28. The van der Waals surface area contributed by atoms with Crippen LogP contribution in [0, 0.1) is 6.92 Å². The van der Waals surface area contributed by atoms with Crippen molar-refractivity contribution in [3.05, 3.63) is 28.8 Å². The maximum atomic E-state index is 10.5. The zero-order valence-electron chi connectivity index (χ0n) is 22.2. The van der Waals surface area contributed by atoms with Crippen molar-refractivity contribution >= 4 is 0 Å². The van der Waals surface area contributed by atoms with E-state index >= 15 is 0 Å². The maximum absolute atomic E-state index is 10.5. The van der Waals surface area contributed by atoms with Crippen LogP contribution in [0.25, 0.3) is 0 Å². The third-order valence-corrected chi connectivity index (χ3v) is 7.20. The first-order valence-corrected chi connectivity index (χ1v) is 14.5. The van der Waals surface area contributed by atoms with Crippen molar-refractivity contribution < 1.29 is 5.11 Å². The minimum Gasteiger partial charge on any atom is -0.508 e. The lowest BCUT2D eigenvalue weighted by molar-refractivity contribution is 0.463. The Hall–Kier alpha value is -0.980. The van der Waals surface area contributed by atoms with Gasteiger partial charge in [-0.1, -0.05) is 135 Å². The first-order valence-electron chi connectivity index (χ1n) is 14.5. The van der Waals surface area contributed by atoms with Gasteiger partial charge in [0.05, 0.1) is 0 Å². The number of hydrogen-bond donors (Lipinski definition) is 1. The summed E-state index contributed by atoms with van der Waals surface area (Å²) in [6.07, 6.45) is 29.7. The summed E-state index contributed by atoms with van der Waals surface area (Å²) < 4.78 is 0. The van der Waals surface area contributed by atoms with Gasteiger partial charge in [0.25, 0.3) is 0 Å². The number of benzene rings is 1. The van der Waals surface area contributed by atoms with Gasteiger partial charge < -0.3 is 5.11 Å². The van der Waals surface area contributed by atoms with Crippen LogP contribution in [0.1, 0.15) is 159 Å². The summed E-state index contributed by atoms with van der Waals surface area (Å²) in [5.41, 5.74) is 4.07. The minimum absolute atomic E-state index is 0.536. The van der Waals surface area contributed by atoms with Crippen molar-refractivity contribution in [1.82, 2.24) is 0 Å². The monoisotopic (exact) mass is 444 g/mol. The van der Waals surface area contributed by atoms with Gasteiger partial charge in [-0.2, -0.15) is 0 Å². The number of aryl methyl sites for hydroxylation is 1. The minimum atomic E-state index is 0.536. The number of phenols is 1. The second kappa shape index (κ2) is 20.6. The molecule has 0 spiro atoms. The summed E-state index contributed by atoms with van der Waals surface area (Å²) in [7, 11) is 0. The van der Waals surface area contributed by atoms with Gasteiger partial charge in [0.2, 0.25) is 0 Å². The van der Waals surface area contributed by atoms with Gasteiger partial charge in [-0.05, 0) is 55.4 Å². The van der Waals surface area contributed by atoms with E-state index in [-0.39, 0.29) is 0 Å². The molecule has 0 aliphatic rings. The molecule has 0 atom stereocenters. The molecule has 0 fully saturated rings. The SMILES string of the molecule is CCCCCCCCCCCCc1c(C)ccc(O)c1CCCCCCCCCCCC. The highest BCUT2D eigenvalue weighted by Gasteiger charge is 2.11. The molecule has 0 aliphatic heterocycles. The van der Waals surface area contributed by atoms with Crippen LogP contribution in [0.3, 0.4) is 0 Å². The van der Waals surface area contributed by atoms with Gasteiger partial charge in [-0.3, -0.25) is 0 Å². The predicted octanol–water partition coefficient (Wildman–Crippen LogP) is 10.6. The van der Waals surface area contributed by atoms with Gasteiger partial charge in [0.15, 0.2) is 0 Å². The zero-order chi connectivity index (χ0) is 23.3. The molecule has 0 unspecified atom stereocenters. The predicted molar refractivity (Wildman–Crippen MR) is 144 cm³/mol. The summed E-state index contributed by atoms with van der Waals surface area (Å²) >= 11 is 0. The van der Waals surface area contributed by atoms with Crippen molar-refractivity contribution in [2.75, 3.05) is 0 Å². The van der Waals surface area contributed by atoms with E-state index in [0.29, 0.717) is 5.75 Å². The van der Waals surface area contributed by atoms with E-state index in [2.05, 4.69) is 26.8 Å². The average Bonchev–Trinajstić information content (AvgIpc) is 2.79. The normalized spacial score (nSPS) is 11.3. The largest absolute Gasteiger partial charge is 0.508 e. The molecule has 0 radical (unpaired) electrons. The lowest BCUT2D eigenvalue weighted by Gasteiger charge is -2.15. The van der Waals surface area contributed by atoms with E-state index < -0.39 is 0 Å². The second-order valence-corrected chi connectivity index (χ2v) is 10.2. The number of hydrogen-bond acceptors (Lipinski definition) is 1. The van der Waals surface area contributed by atoms with Crippen molar-refractivity contribution in [3.8, 4) is 5.75 Å². The van der Waals surface area contributed by atoms with Gasteiger partial charge in [-0.15, -0.1) is 0 Å². The third-order valence-electron chi connectivity index (χ3n) is 7.20. The molecule has 0 aliphatic carbocycles. The van der Waals surface area contributed by atoms with Crippen LogP contribution in [0.5, 0.6) is 5.75 Å². The van der Waals surface area contributed by atoms with E-state index in [1.807, 2.05) is 6.07 Å². The molecule has 1 heteroatoms.